The Morgan fingerprint density at radius 2 is 1.63 bits per heavy atom. The van der Waals surface area contributed by atoms with Crippen LogP contribution in [-0.2, 0) is 30.4 Å². The molecule has 7 nitrogen and oxygen atoms in total. The third-order valence-electron chi connectivity index (χ3n) is 6.72. The van der Waals surface area contributed by atoms with Crippen LogP contribution in [0.2, 0.25) is 0 Å². The second-order valence-electron chi connectivity index (χ2n) is 9.20. The number of esters is 2. The normalized spacial score (nSPS) is 24.3. The summed E-state index contributed by atoms with van der Waals surface area (Å²) in [7, 11) is 0. The van der Waals surface area contributed by atoms with E-state index in [0.717, 1.165) is 16.5 Å². The zero-order valence-corrected chi connectivity index (χ0v) is 20.3. The van der Waals surface area contributed by atoms with E-state index < -0.39 is 41.1 Å². The van der Waals surface area contributed by atoms with E-state index in [1.54, 1.807) is 13.8 Å². The van der Waals surface area contributed by atoms with Crippen molar-refractivity contribution in [1.29, 1.82) is 0 Å². The lowest BCUT2D eigenvalue weighted by Crippen LogP contribution is -2.55. The highest BCUT2D eigenvalue weighted by Crippen LogP contribution is 2.48. The third-order valence-corrected chi connectivity index (χ3v) is 6.72. The van der Waals surface area contributed by atoms with E-state index >= 15 is 0 Å². The number of aliphatic hydroxyl groups is 1. The Bertz CT molecular complexity index is 1230. The second-order valence-corrected chi connectivity index (χ2v) is 9.20. The lowest BCUT2D eigenvalue weighted by atomic mass is 9.61. The first-order valence-corrected chi connectivity index (χ1v) is 12.0. The number of carbonyl (C=O) groups is 3. The molecule has 4 atom stereocenters. The van der Waals surface area contributed by atoms with Gasteiger partial charge in [-0.3, -0.25) is 14.4 Å². The average molecular weight is 478 g/mol. The van der Waals surface area contributed by atoms with E-state index in [4.69, 9.17) is 9.47 Å². The largest absolute Gasteiger partial charge is 0.466 e. The summed E-state index contributed by atoms with van der Waals surface area (Å²) in [6, 6.07) is 17.6. The number of hydrogen-bond acceptors (Lipinski definition) is 6. The summed E-state index contributed by atoms with van der Waals surface area (Å²) in [5.74, 6) is -5.05. The van der Waals surface area contributed by atoms with Crippen molar-refractivity contribution in [2.45, 2.75) is 45.3 Å². The number of ether oxygens (including phenoxy) is 2. The number of Topliss-reactive ketones (excluding diaryl/α,β-unsaturated/α-hetero) is 1. The van der Waals surface area contributed by atoms with Crippen LogP contribution in [0.4, 0.5) is 0 Å². The van der Waals surface area contributed by atoms with Crippen molar-refractivity contribution in [2.75, 3.05) is 13.2 Å². The van der Waals surface area contributed by atoms with Crippen molar-refractivity contribution in [3.63, 3.8) is 0 Å². The van der Waals surface area contributed by atoms with Crippen molar-refractivity contribution >= 4 is 28.6 Å². The molecule has 1 aliphatic rings. The Balaban J connectivity index is 1.92. The Labute approximate surface area is 204 Å². The van der Waals surface area contributed by atoms with E-state index in [1.165, 1.54) is 6.92 Å². The Kier molecular flexibility index (Phi) is 7.08. The zero-order valence-electron chi connectivity index (χ0n) is 20.3. The van der Waals surface area contributed by atoms with Gasteiger partial charge < -0.3 is 19.1 Å². The van der Waals surface area contributed by atoms with Crippen LogP contribution in [0.1, 0.15) is 44.2 Å². The summed E-state index contributed by atoms with van der Waals surface area (Å²) in [5.41, 5.74) is 0.935. The Morgan fingerprint density at radius 1 is 1.00 bits per heavy atom. The van der Waals surface area contributed by atoms with Gasteiger partial charge in [0.15, 0.2) is 5.78 Å². The van der Waals surface area contributed by atoms with Gasteiger partial charge in [-0.25, -0.2) is 0 Å². The molecular weight excluding hydrogens is 446 g/mol. The molecular formula is C28H31NO6. The first-order chi connectivity index (χ1) is 16.8. The van der Waals surface area contributed by atoms with Crippen LogP contribution < -0.4 is 0 Å². The number of ketones is 1. The molecule has 35 heavy (non-hydrogen) atoms. The van der Waals surface area contributed by atoms with E-state index in [1.807, 2.05) is 65.4 Å². The summed E-state index contributed by atoms with van der Waals surface area (Å²) in [6.45, 7) is 5.60. The Hall–Kier alpha value is -3.45. The maximum absolute atomic E-state index is 13.3. The summed E-state index contributed by atoms with van der Waals surface area (Å²) in [5, 5.41) is 12.1. The molecule has 1 N–H and O–H groups in total. The van der Waals surface area contributed by atoms with Crippen LogP contribution in [0, 0.1) is 11.8 Å². The number of aromatic nitrogens is 1. The van der Waals surface area contributed by atoms with Crippen molar-refractivity contribution in [3.8, 4) is 0 Å². The van der Waals surface area contributed by atoms with Crippen LogP contribution in [0.5, 0.6) is 0 Å². The lowest BCUT2D eigenvalue weighted by Gasteiger charge is -2.43. The van der Waals surface area contributed by atoms with Gasteiger partial charge in [0.2, 0.25) is 0 Å². The van der Waals surface area contributed by atoms with Gasteiger partial charge in [0.25, 0.3) is 0 Å². The molecule has 184 valence electrons. The lowest BCUT2D eigenvalue weighted by molar-refractivity contribution is -0.172. The van der Waals surface area contributed by atoms with Crippen molar-refractivity contribution in [2.24, 2.45) is 11.8 Å². The fourth-order valence-electron chi connectivity index (χ4n) is 5.31. The molecule has 0 unspecified atom stereocenters. The number of benzene rings is 2. The van der Waals surface area contributed by atoms with Crippen molar-refractivity contribution < 1.29 is 29.0 Å². The van der Waals surface area contributed by atoms with Gasteiger partial charge in [0, 0.05) is 36.0 Å². The van der Waals surface area contributed by atoms with Crippen LogP contribution in [0.25, 0.3) is 10.9 Å². The first-order valence-electron chi connectivity index (χ1n) is 12.0. The number of hydrogen-bond donors (Lipinski definition) is 1. The van der Waals surface area contributed by atoms with E-state index in [2.05, 4.69) is 0 Å². The summed E-state index contributed by atoms with van der Waals surface area (Å²) < 4.78 is 12.7. The maximum atomic E-state index is 13.3. The molecule has 1 heterocycles. The van der Waals surface area contributed by atoms with Crippen LogP contribution in [0.15, 0.2) is 60.8 Å². The molecule has 2 aromatic carbocycles. The minimum Gasteiger partial charge on any atom is -0.466 e. The highest BCUT2D eigenvalue weighted by atomic mass is 16.5. The van der Waals surface area contributed by atoms with E-state index in [-0.39, 0.29) is 19.6 Å². The van der Waals surface area contributed by atoms with E-state index in [9.17, 15) is 19.5 Å². The van der Waals surface area contributed by atoms with Crippen molar-refractivity contribution in [1.82, 2.24) is 4.57 Å². The first kappa shape index (κ1) is 24.7. The van der Waals surface area contributed by atoms with Gasteiger partial charge >= 0.3 is 11.9 Å². The molecule has 0 spiro atoms. The molecule has 7 heteroatoms. The predicted molar refractivity (Wildman–Crippen MR) is 131 cm³/mol. The van der Waals surface area contributed by atoms with Gasteiger partial charge in [0.05, 0.1) is 24.7 Å². The molecule has 0 bridgehead atoms. The van der Waals surface area contributed by atoms with Crippen LogP contribution in [-0.4, -0.2) is 46.2 Å². The summed E-state index contributed by atoms with van der Waals surface area (Å²) in [6.07, 6.45) is 1.55. The third kappa shape index (κ3) is 4.73. The number of para-hydroxylation sites is 1. The molecule has 0 saturated heterocycles. The van der Waals surface area contributed by atoms with Gasteiger partial charge in [-0.2, -0.15) is 0 Å². The minimum absolute atomic E-state index is 0.103. The molecule has 4 rings (SSSR count). The number of fused-ring (bicyclic) bond motifs is 1. The summed E-state index contributed by atoms with van der Waals surface area (Å²) in [4.78, 5) is 39.5. The molecule has 1 aromatic heterocycles. The monoisotopic (exact) mass is 477 g/mol. The number of nitrogens with zero attached hydrogens (tertiary/aromatic N) is 1. The molecule has 1 fully saturated rings. The SMILES string of the molecule is CCOC(=O)[C@H]1C(=O)C[C@@](C)(O)[C@@H](C(=O)OCC)[C@@H]1c1cn(Cc2ccccc2)c2ccccc12. The van der Waals surface area contributed by atoms with Crippen molar-refractivity contribution in [3.05, 3.63) is 71.9 Å². The van der Waals surface area contributed by atoms with Crippen LogP contribution >= 0.6 is 0 Å². The molecule has 0 radical (unpaired) electrons. The fourth-order valence-corrected chi connectivity index (χ4v) is 5.31. The Morgan fingerprint density at radius 3 is 2.31 bits per heavy atom. The van der Waals surface area contributed by atoms with Gasteiger partial charge in [-0.15, -0.1) is 0 Å². The predicted octanol–water partition coefficient (Wildman–Crippen LogP) is 3.86. The zero-order chi connectivity index (χ0) is 25.2. The molecule has 0 amide bonds. The second kappa shape index (κ2) is 10.0. The molecule has 0 aliphatic heterocycles. The summed E-state index contributed by atoms with van der Waals surface area (Å²) >= 11 is 0. The maximum Gasteiger partial charge on any atom is 0.317 e. The number of rotatable bonds is 7. The number of carbonyl (C=O) groups excluding carboxylic acids is 3. The molecule has 1 saturated carbocycles. The topological polar surface area (TPSA) is 94.8 Å². The molecule has 3 aromatic rings. The quantitative estimate of drug-likeness (QED) is 0.410. The van der Waals surface area contributed by atoms with Crippen LogP contribution in [0.3, 0.4) is 0 Å². The smallest absolute Gasteiger partial charge is 0.317 e. The van der Waals surface area contributed by atoms with Gasteiger partial charge in [-0.1, -0.05) is 48.5 Å². The highest BCUT2D eigenvalue weighted by Gasteiger charge is 2.57. The fraction of sp³-hybridized carbons (Fsp3) is 0.393. The highest BCUT2D eigenvalue weighted by molar-refractivity contribution is 6.03. The minimum atomic E-state index is -1.68. The standard InChI is InChI=1S/C28H31NO6/c1-4-34-26(31)24-22(30)15-28(3,33)25(27(32)35-5-2)23(24)20-17-29(16-18-11-7-6-8-12-18)21-14-10-9-13-19(20)21/h6-14,17,23-25,33H,4-5,15-16H2,1-3H3/t23-,24+,25-,28-/m1/s1. The van der Waals surface area contributed by atoms with Gasteiger partial charge in [0.1, 0.15) is 5.92 Å². The average Bonchev–Trinajstić information content (AvgIpc) is 3.17. The molecule has 1 aliphatic carbocycles. The van der Waals surface area contributed by atoms with E-state index in [0.29, 0.717) is 12.1 Å². The van der Waals surface area contributed by atoms with Gasteiger partial charge in [-0.05, 0) is 38.0 Å².